The number of primary amides is 1. The highest BCUT2D eigenvalue weighted by molar-refractivity contribution is 6.08. The van der Waals surface area contributed by atoms with Crippen molar-refractivity contribution in [3.8, 4) is 0 Å². The summed E-state index contributed by atoms with van der Waals surface area (Å²) in [4.78, 5) is 39.5. The lowest BCUT2D eigenvalue weighted by atomic mass is 10.2. The van der Waals surface area contributed by atoms with E-state index in [1.54, 1.807) is 0 Å². The third-order valence-electron chi connectivity index (χ3n) is 2.48. The Labute approximate surface area is 118 Å². The number of carboxylic acid groups (broad SMARTS) is 1. The van der Waals surface area contributed by atoms with Crippen LogP contribution in [0.3, 0.4) is 0 Å². The number of aromatic carboxylic acids is 1. The molecular formula is C12H11N5O4. The number of hydrogen-bond donors (Lipinski definition) is 5. The number of benzene rings is 1. The molecule has 0 spiro atoms. The van der Waals surface area contributed by atoms with Crippen molar-refractivity contribution in [3.63, 3.8) is 0 Å². The Morgan fingerprint density at radius 2 is 1.67 bits per heavy atom. The second kappa shape index (κ2) is 5.74. The molecule has 0 aliphatic heterocycles. The summed E-state index contributed by atoms with van der Waals surface area (Å²) in [5.41, 5.74) is 5.33. The number of carboxylic acids is 1. The molecule has 21 heavy (non-hydrogen) atoms. The number of nitrogens with one attached hydrogen (secondary N) is 3. The van der Waals surface area contributed by atoms with Gasteiger partial charge in [-0.3, -0.25) is 4.79 Å². The standard InChI is InChI=1S/C12H11N5O4/c13-12(21)17-7-3-1-6(2-4-7)16-10(18)8-9(11(19)20)15-5-14-8/h1-5H,(H,14,15)(H,16,18)(H,19,20)(H3,13,17,21). The second-order valence-corrected chi connectivity index (χ2v) is 3.95. The predicted molar refractivity (Wildman–Crippen MR) is 73.1 cm³/mol. The molecule has 9 nitrogen and oxygen atoms in total. The highest BCUT2D eigenvalue weighted by atomic mass is 16.4. The topological polar surface area (TPSA) is 150 Å². The maximum Gasteiger partial charge on any atom is 0.354 e. The first-order valence-corrected chi connectivity index (χ1v) is 5.72. The maximum absolute atomic E-state index is 11.9. The number of rotatable bonds is 4. The lowest BCUT2D eigenvalue weighted by Gasteiger charge is -2.06. The van der Waals surface area contributed by atoms with E-state index in [2.05, 4.69) is 20.6 Å². The highest BCUT2D eigenvalue weighted by Gasteiger charge is 2.19. The molecule has 6 N–H and O–H groups in total. The van der Waals surface area contributed by atoms with Crippen LogP contribution in [0.4, 0.5) is 16.2 Å². The van der Waals surface area contributed by atoms with Crippen molar-refractivity contribution in [2.75, 3.05) is 10.6 Å². The first-order chi connectivity index (χ1) is 9.97. The molecule has 0 unspecified atom stereocenters. The minimum atomic E-state index is -1.28. The van der Waals surface area contributed by atoms with Crippen LogP contribution in [0.5, 0.6) is 0 Å². The van der Waals surface area contributed by atoms with Crippen molar-refractivity contribution in [3.05, 3.63) is 42.0 Å². The molecule has 0 saturated carbocycles. The van der Waals surface area contributed by atoms with Crippen LogP contribution in [0.25, 0.3) is 0 Å². The lowest BCUT2D eigenvalue weighted by molar-refractivity contribution is 0.0686. The van der Waals surface area contributed by atoms with E-state index in [0.717, 1.165) is 6.33 Å². The molecule has 3 amide bonds. The fourth-order valence-electron chi connectivity index (χ4n) is 1.60. The van der Waals surface area contributed by atoms with E-state index >= 15 is 0 Å². The first kappa shape index (κ1) is 14.1. The molecule has 108 valence electrons. The summed E-state index contributed by atoms with van der Waals surface area (Å²) < 4.78 is 0. The minimum Gasteiger partial charge on any atom is -0.477 e. The van der Waals surface area contributed by atoms with Crippen molar-refractivity contribution in [2.24, 2.45) is 5.73 Å². The Morgan fingerprint density at radius 1 is 1.10 bits per heavy atom. The van der Waals surface area contributed by atoms with E-state index in [9.17, 15) is 14.4 Å². The lowest BCUT2D eigenvalue weighted by Crippen LogP contribution is -2.19. The average molecular weight is 289 g/mol. The molecular weight excluding hydrogens is 278 g/mol. The van der Waals surface area contributed by atoms with Gasteiger partial charge >= 0.3 is 12.0 Å². The Balaban J connectivity index is 2.10. The van der Waals surface area contributed by atoms with Crippen LogP contribution in [0.15, 0.2) is 30.6 Å². The normalized spacial score (nSPS) is 9.90. The van der Waals surface area contributed by atoms with Gasteiger partial charge in [-0.15, -0.1) is 0 Å². The number of H-pyrrole nitrogens is 1. The van der Waals surface area contributed by atoms with Gasteiger partial charge in [0, 0.05) is 11.4 Å². The van der Waals surface area contributed by atoms with E-state index in [-0.39, 0.29) is 11.4 Å². The number of amides is 3. The Morgan fingerprint density at radius 3 is 2.19 bits per heavy atom. The van der Waals surface area contributed by atoms with Gasteiger partial charge in [-0.1, -0.05) is 0 Å². The highest BCUT2D eigenvalue weighted by Crippen LogP contribution is 2.14. The molecule has 0 bridgehead atoms. The van der Waals surface area contributed by atoms with E-state index in [1.807, 2.05) is 0 Å². The van der Waals surface area contributed by atoms with Crippen molar-refractivity contribution in [1.82, 2.24) is 9.97 Å². The number of aromatic amines is 1. The summed E-state index contributed by atoms with van der Waals surface area (Å²) in [6, 6.07) is 5.41. The zero-order chi connectivity index (χ0) is 15.4. The molecule has 0 aliphatic carbocycles. The van der Waals surface area contributed by atoms with Crippen LogP contribution >= 0.6 is 0 Å². The van der Waals surface area contributed by atoms with Crippen LogP contribution in [0, 0.1) is 0 Å². The van der Waals surface area contributed by atoms with Crippen LogP contribution < -0.4 is 16.4 Å². The summed E-state index contributed by atoms with van der Waals surface area (Å²) in [6.45, 7) is 0. The van der Waals surface area contributed by atoms with Gasteiger partial charge in [0.15, 0.2) is 11.4 Å². The minimum absolute atomic E-state index is 0.221. The van der Waals surface area contributed by atoms with Crippen molar-refractivity contribution in [2.45, 2.75) is 0 Å². The molecule has 0 saturated heterocycles. The molecule has 2 rings (SSSR count). The average Bonchev–Trinajstić information content (AvgIpc) is 2.90. The first-order valence-electron chi connectivity index (χ1n) is 5.72. The molecule has 2 aromatic rings. The van der Waals surface area contributed by atoms with Crippen molar-refractivity contribution >= 4 is 29.3 Å². The zero-order valence-corrected chi connectivity index (χ0v) is 10.6. The zero-order valence-electron chi connectivity index (χ0n) is 10.6. The number of aromatic nitrogens is 2. The van der Waals surface area contributed by atoms with Gasteiger partial charge in [0.05, 0.1) is 6.33 Å². The number of nitrogens with zero attached hydrogens (tertiary/aromatic N) is 1. The number of urea groups is 1. The molecule has 1 aromatic heterocycles. The van der Waals surface area contributed by atoms with Crippen molar-refractivity contribution in [1.29, 1.82) is 0 Å². The third kappa shape index (κ3) is 3.35. The largest absolute Gasteiger partial charge is 0.477 e. The van der Waals surface area contributed by atoms with Crippen LogP contribution in [0.2, 0.25) is 0 Å². The SMILES string of the molecule is NC(=O)Nc1ccc(NC(=O)c2nc[nH]c2C(=O)O)cc1. The van der Waals surface area contributed by atoms with E-state index in [4.69, 9.17) is 10.8 Å². The molecule has 0 fully saturated rings. The van der Waals surface area contributed by atoms with Gasteiger partial charge in [-0.05, 0) is 24.3 Å². The number of nitrogens with two attached hydrogens (primary N) is 1. The fourth-order valence-corrected chi connectivity index (χ4v) is 1.60. The molecule has 1 aromatic carbocycles. The number of carbonyl (C=O) groups excluding carboxylic acids is 2. The summed E-state index contributed by atoms with van der Waals surface area (Å²) in [5.74, 6) is -1.94. The Kier molecular flexibility index (Phi) is 3.84. The number of hydrogen-bond acceptors (Lipinski definition) is 4. The van der Waals surface area contributed by atoms with Crippen LogP contribution in [0.1, 0.15) is 21.0 Å². The van der Waals surface area contributed by atoms with E-state index in [0.29, 0.717) is 11.4 Å². The summed E-state index contributed by atoms with van der Waals surface area (Å²) >= 11 is 0. The predicted octanol–water partition coefficient (Wildman–Crippen LogP) is 0.851. The quantitative estimate of drug-likeness (QED) is 0.565. The number of anilines is 2. The monoisotopic (exact) mass is 289 g/mol. The van der Waals surface area contributed by atoms with Gasteiger partial charge in [0.25, 0.3) is 5.91 Å². The number of carbonyl (C=O) groups is 3. The summed E-state index contributed by atoms with van der Waals surface area (Å²) in [7, 11) is 0. The molecule has 0 aliphatic rings. The Bertz CT molecular complexity index is 692. The third-order valence-corrected chi connectivity index (χ3v) is 2.48. The van der Waals surface area contributed by atoms with Gasteiger partial charge in [0.2, 0.25) is 0 Å². The maximum atomic E-state index is 11.9. The van der Waals surface area contributed by atoms with Gasteiger partial charge in [-0.2, -0.15) is 0 Å². The van der Waals surface area contributed by atoms with Crippen LogP contribution in [-0.2, 0) is 0 Å². The Hall–Kier alpha value is -3.36. The van der Waals surface area contributed by atoms with Gasteiger partial charge < -0.3 is 26.5 Å². The smallest absolute Gasteiger partial charge is 0.354 e. The molecule has 1 heterocycles. The number of imidazole rings is 1. The van der Waals surface area contributed by atoms with E-state index < -0.39 is 17.9 Å². The van der Waals surface area contributed by atoms with Crippen LogP contribution in [-0.4, -0.2) is 33.0 Å². The van der Waals surface area contributed by atoms with Gasteiger partial charge in [0.1, 0.15) is 0 Å². The molecule has 0 atom stereocenters. The molecule has 9 heteroatoms. The summed E-state index contributed by atoms with van der Waals surface area (Å²) in [6.07, 6.45) is 1.12. The second-order valence-electron chi connectivity index (χ2n) is 3.95. The fraction of sp³-hybridized carbons (Fsp3) is 0. The van der Waals surface area contributed by atoms with Crippen molar-refractivity contribution < 1.29 is 19.5 Å². The van der Waals surface area contributed by atoms with Gasteiger partial charge in [-0.25, -0.2) is 14.6 Å². The summed E-state index contributed by atoms with van der Waals surface area (Å²) in [5, 5.41) is 13.7. The molecule has 0 radical (unpaired) electrons. The van der Waals surface area contributed by atoms with E-state index in [1.165, 1.54) is 24.3 Å².